The molecule has 0 aromatic carbocycles. The van der Waals surface area contributed by atoms with Crippen LogP contribution in [0.15, 0.2) is 10.5 Å². The van der Waals surface area contributed by atoms with E-state index in [9.17, 15) is 4.79 Å². The Morgan fingerprint density at radius 3 is 2.70 bits per heavy atom. The average molecular weight is 373 g/mol. The Bertz CT molecular complexity index is 806. The van der Waals surface area contributed by atoms with Crippen LogP contribution < -0.4 is 0 Å². The maximum atomic E-state index is 13.3. The summed E-state index contributed by atoms with van der Waals surface area (Å²) in [5, 5.41) is 12.9. The topological polar surface area (TPSA) is 86.3 Å². The molecule has 2 saturated heterocycles. The number of piperidine rings is 1. The third-order valence-electron chi connectivity index (χ3n) is 5.42. The molecule has 2 aliphatic rings. The van der Waals surface area contributed by atoms with Gasteiger partial charge in [-0.1, -0.05) is 13.8 Å². The van der Waals surface area contributed by atoms with E-state index >= 15 is 0 Å². The van der Waals surface area contributed by atoms with Gasteiger partial charge in [0.25, 0.3) is 5.91 Å². The van der Waals surface area contributed by atoms with Crippen LogP contribution in [0.1, 0.15) is 92.0 Å². The van der Waals surface area contributed by atoms with Crippen molar-refractivity contribution in [2.24, 2.45) is 7.05 Å². The predicted octanol–water partition coefficient (Wildman–Crippen LogP) is 3.15. The van der Waals surface area contributed by atoms with Crippen molar-refractivity contribution in [1.82, 2.24) is 24.9 Å². The maximum Gasteiger partial charge on any atom is 0.272 e. The normalized spacial score (nSPS) is 23.3. The largest absolute Gasteiger partial charge is 0.420 e. The van der Waals surface area contributed by atoms with E-state index < -0.39 is 0 Å². The number of aryl methyl sites for hydroxylation is 1. The van der Waals surface area contributed by atoms with Gasteiger partial charge in [-0.3, -0.25) is 9.48 Å². The summed E-state index contributed by atoms with van der Waals surface area (Å²) in [5.41, 5.74) is 1.53. The van der Waals surface area contributed by atoms with E-state index in [1.807, 2.05) is 18.0 Å². The van der Waals surface area contributed by atoms with Crippen molar-refractivity contribution >= 4 is 5.91 Å². The number of aromatic nitrogens is 4. The van der Waals surface area contributed by atoms with Crippen LogP contribution in [0.5, 0.6) is 0 Å². The van der Waals surface area contributed by atoms with Gasteiger partial charge in [-0.15, -0.1) is 10.2 Å². The number of hydrogen-bond acceptors (Lipinski definition) is 6. The molecule has 8 nitrogen and oxygen atoms in total. The van der Waals surface area contributed by atoms with E-state index in [0.29, 0.717) is 24.0 Å². The molecule has 0 saturated carbocycles. The quantitative estimate of drug-likeness (QED) is 0.818. The molecule has 146 valence electrons. The highest BCUT2D eigenvalue weighted by Gasteiger charge is 2.35. The van der Waals surface area contributed by atoms with Crippen molar-refractivity contribution < 1.29 is 13.9 Å². The molecule has 8 heteroatoms. The van der Waals surface area contributed by atoms with E-state index in [0.717, 1.165) is 44.4 Å². The fourth-order valence-electron chi connectivity index (χ4n) is 3.83. The minimum absolute atomic E-state index is 0.0292. The Balaban J connectivity index is 1.58. The molecule has 2 atom stereocenters. The molecule has 2 aliphatic heterocycles. The van der Waals surface area contributed by atoms with E-state index in [4.69, 9.17) is 9.15 Å². The highest BCUT2D eigenvalue weighted by atomic mass is 16.5. The number of carbonyl (C=O) groups excluding carboxylic acids is 1. The molecule has 2 aromatic rings. The monoisotopic (exact) mass is 373 g/mol. The van der Waals surface area contributed by atoms with Crippen molar-refractivity contribution in [2.45, 2.75) is 64.0 Å². The summed E-state index contributed by atoms with van der Waals surface area (Å²) in [7, 11) is 1.82. The summed E-state index contributed by atoms with van der Waals surface area (Å²) >= 11 is 0. The number of amides is 1. The molecular formula is C19H27N5O3. The third kappa shape index (κ3) is 3.50. The summed E-state index contributed by atoms with van der Waals surface area (Å²) in [4.78, 5) is 15.1. The molecule has 0 radical (unpaired) electrons. The van der Waals surface area contributed by atoms with Crippen LogP contribution in [0.2, 0.25) is 0 Å². The molecule has 0 bridgehead atoms. The molecule has 0 N–H and O–H groups in total. The number of nitrogens with zero attached hydrogens (tertiary/aromatic N) is 5. The van der Waals surface area contributed by atoms with Crippen LogP contribution in [0.4, 0.5) is 0 Å². The number of rotatable bonds is 4. The van der Waals surface area contributed by atoms with Gasteiger partial charge in [-0.25, -0.2) is 0 Å². The molecule has 4 heterocycles. The fourth-order valence-corrected chi connectivity index (χ4v) is 3.83. The number of hydrogen-bond donors (Lipinski definition) is 0. The highest BCUT2D eigenvalue weighted by molar-refractivity contribution is 5.93. The van der Waals surface area contributed by atoms with Gasteiger partial charge in [-0.05, 0) is 44.1 Å². The third-order valence-corrected chi connectivity index (χ3v) is 5.42. The van der Waals surface area contributed by atoms with Crippen molar-refractivity contribution in [3.63, 3.8) is 0 Å². The first-order valence-corrected chi connectivity index (χ1v) is 9.84. The molecule has 1 unspecified atom stereocenters. The lowest BCUT2D eigenvalue weighted by atomic mass is 10.0. The Labute approximate surface area is 158 Å². The second kappa shape index (κ2) is 7.42. The lowest BCUT2D eigenvalue weighted by Crippen LogP contribution is -2.39. The molecular weight excluding hydrogens is 346 g/mol. The van der Waals surface area contributed by atoms with Gasteiger partial charge in [0.1, 0.15) is 17.8 Å². The van der Waals surface area contributed by atoms with Crippen LogP contribution in [-0.4, -0.2) is 43.9 Å². The van der Waals surface area contributed by atoms with Crippen molar-refractivity contribution in [1.29, 1.82) is 0 Å². The van der Waals surface area contributed by atoms with Gasteiger partial charge in [0.05, 0.1) is 5.69 Å². The van der Waals surface area contributed by atoms with Gasteiger partial charge >= 0.3 is 0 Å². The summed E-state index contributed by atoms with van der Waals surface area (Å²) in [5.74, 6) is 1.29. The van der Waals surface area contributed by atoms with E-state index in [2.05, 4.69) is 29.1 Å². The smallest absolute Gasteiger partial charge is 0.272 e. The highest BCUT2D eigenvalue weighted by Crippen LogP contribution is 2.34. The Morgan fingerprint density at radius 1 is 1.19 bits per heavy atom. The summed E-state index contributed by atoms with van der Waals surface area (Å²) in [6, 6.07) is 1.70. The predicted molar refractivity (Wildman–Crippen MR) is 97.2 cm³/mol. The van der Waals surface area contributed by atoms with Gasteiger partial charge in [0.15, 0.2) is 0 Å². The Morgan fingerprint density at radius 2 is 2.00 bits per heavy atom. The van der Waals surface area contributed by atoms with Gasteiger partial charge in [-0.2, -0.15) is 5.10 Å². The molecule has 2 fully saturated rings. The van der Waals surface area contributed by atoms with Gasteiger partial charge in [0.2, 0.25) is 11.8 Å². The zero-order valence-electron chi connectivity index (χ0n) is 16.2. The maximum absolute atomic E-state index is 13.3. The first kappa shape index (κ1) is 18.2. The van der Waals surface area contributed by atoms with Crippen LogP contribution in [0, 0.1) is 0 Å². The van der Waals surface area contributed by atoms with Crippen LogP contribution in [-0.2, 0) is 11.8 Å². The van der Waals surface area contributed by atoms with E-state index in [-0.39, 0.29) is 24.0 Å². The zero-order chi connectivity index (χ0) is 19.0. The van der Waals surface area contributed by atoms with Crippen LogP contribution in [0.3, 0.4) is 0 Å². The number of carbonyl (C=O) groups is 1. The molecule has 0 aliphatic carbocycles. The van der Waals surface area contributed by atoms with Crippen LogP contribution in [0.25, 0.3) is 0 Å². The number of likely N-dealkylation sites (tertiary alicyclic amines) is 1. The molecule has 27 heavy (non-hydrogen) atoms. The molecule has 4 rings (SSSR count). The minimum Gasteiger partial charge on any atom is -0.420 e. The average Bonchev–Trinajstić information content (AvgIpc) is 3.41. The molecule has 0 spiro atoms. The Hall–Kier alpha value is -2.22. The molecule has 1 amide bonds. The fraction of sp³-hybridized carbons (Fsp3) is 0.684. The zero-order valence-corrected chi connectivity index (χ0v) is 16.2. The van der Waals surface area contributed by atoms with Crippen molar-refractivity contribution in [3.05, 3.63) is 29.2 Å². The minimum atomic E-state index is -0.189. The van der Waals surface area contributed by atoms with E-state index in [1.165, 1.54) is 0 Å². The molecule has 2 aromatic heterocycles. The summed E-state index contributed by atoms with van der Waals surface area (Å²) < 4.78 is 13.2. The van der Waals surface area contributed by atoms with Crippen LogP contribution >= 0.6 is 0 Å². The summed E-state index contributed by atoms with van der Waals surface area (Å²) in [6.07, 6.45) is 4.65. The summed E-state index contributed by atoms with van der Waals surface area (Å²) in [6.45, 7) is 5.56. The van der Waals surface area contributed by atoms with E-state index in [1.54, 1.807) is 4.68 Å². The number of ether oxygens (including phenoxy) is 1. The second-order valence-electron chi connectivity index (χ2n) is 7.72. The lowest BCUT2D eigenvalue weighted by molar-refractivity contribution is 0.0539. The van der Waals surface area contributed by atoms with Gasteiger partial charge < -0.3 is 14.1 Å². The first-order valence-electron chi connectivity index (χ1n) is 9.84. The van der Waals surface area contributed by atoms with Gasteiger partial charge in [0, 0.05) is 20.2 Å². The SMILES string of the molecule is CC(C)c1cc(C(=O)N2CCCCC2c2nnc([C@H]3CCCO3)o2)n(C)n1. The van der Waals surface area contributed by atoms with Crippen molar-refractivity contribution in [2.75, 3.05) is 13.2 Å². The first-order chi connectivity index (χ1) is 13.0. The Kier molecular flexibility index (Phi) is 4.99. The standard InChI is InChI=1S/C19H27N5O3/c1-12(2)13-11-15(23(3)22-13)19(25)24-9-5-4-7-14(24)17-20-21-18(27-17)16-8-6-10-26-16/h11-12,14,16H,4-10H2,1-3H3/t14?,16-/m1/s1. The van der Waals surface area contributed by atoms with Crippen molar-refractivity contribution in [3.8, 4) is 0 Å². The lowest BCUT2D eigenvalue weighted by Gasteiger charge is -2.33. The second-order valence-corrected chi connectivity index (χ2v) is 7.72.